The Bertz CT molecular complexity index is 1140. The number of rotatable bonds is 8. The molecule has 2 heterocycles. The van der Waals surface area contributed by atoms with Crippen LogP contribution in [-0.4, -0.2) is 63.8 Å². The van der Waals surface area contributed by atoms with E-state index >= 15 is 0 Å². The Kier molecular flexibility index (Phi) is 7.66. The van der Waals surface area contributed by atoms with Gasteiger partial charge in [0, 0.05) is 6.20 Å². The van der Waals surface area contributed by atoms with Crippen LogP contribution in [0.5, 0.6) is 0 Å². The quantitative estimate of drug-likeness (QED) is 0.121. The van der Waals surface area contributed by atoms with Crippen LogP contribution < -0.4 is 5.69 Å². The van der Waals surface area contributed by atoms with Crippen molar-refractivity contribution in [2.75, 3.05) is 6.61 Å². The van der Waals surface area contributed by atoms with E-state index in [9.17, 15) is 33.6 Å². The number of H-pyrrole nitrogens is 1. The van der Waals surface area contributed by atoms with Crippen molar-refractivity contribution < 1.29 is 61.4 Å². The lowest BCUT2D eigenvalue weighted by molar-refractivity contribution is -0.0760. The molecule has 1 fully saturated rings. The van der Waals surface area contributed by atoms with Gasteiger partial charge in [0.1, 0.15) is 16.8 Å². The Hall–Kier alpha value is -1.05. The van der Waals surface area contributed by atoms with Gasteiger partial charge in [0.25, 0.3) is 0 Å². The Morgan fingerprint density at radius 2 is 1.87 bits per heavy atom. The maximum absolute atomic E-state index is 12.1. The maximum Gasteiger partial charge on any atom is 0.490 e. The summed E-state index contributed by atoms with van der Waals surface area (Å²) in [4.78, 5) is 49.8. The van der Waals surface area contributed by atoms with Crippen LogP contribution in [0.2, 0.25) is 0 Å². The second-order valence-corrected chi connectivity index (χ2v) is 10.7. The van der Waals surface area contributed by atoms with Crippen LogP contribution in [0, 0.1) is 17.0 Å². The fourth-order valence-electron chi connectivity index (χ4n) is 2.42. The minimum Gasteiger partial charge on any atom is -0.386 e. The molecule has 16 nitrogen and oxygen atoms in total. The second-order valence-electron chi connectivity index (χ2n) is 5.85. The molecule has 7 N–H and O–H groups in total. The molecule has 0 aliphatic carbocycles. The first-order chi connectivity index (χ1) is 14.0. The SMILES string of the molecule is C#C[C@@]1(O)C(O)[C@@H](COP(=O)(O)OP(=O)(O)OP(=O)(O)O)O[C@H]1n1ccc(=S)[nH]c1=O. The normalized spacial score (nSPS) is 30.3. The van der Waals surface area contributed by atoms with Gasteiger partial charge in [0.2, 0.25) is 0 Å². The van der Waals surface area contributed by atoms with E-state index in [-0.39, 0.29) is 4.64 Å². The highest BCUT2D eigenvalue weighted by Crippen LogP contribution is 2.66. The van der Waals surface area contributed by atoms with Gasteiger partial charge < -0.3 is 34.5 Å². The summed E-state index contributed by atoms with van der Waals surface area (Å²) >= 11 is 4.77. The largest absolute Gasteiger partial charge is 0.490 e. The summed E-state index contributed by atoms with van der Waals surface area (Å²) < 4.78 is 51.2. The van der Waals surface area contributed by atoms with Gasteiger partial charge in [-0.25, -0.2) is 18.5 Å². The van der Waals surface area contributed by atoms with Crippen molar-refractivity contribution in [3.05, 3.63) is 27.4 Å². The van der Waals surface area contributed by atoms with Crippen LogP contribution in [0.1, 0.15) is 6.23 Å². The van der Waals surface area contributed by atoms with Gasteiger partial charge in [-0.05, 0) is 6.07 Å². The van der Waals surface area contributed by atoms with Gasteiger partial charge in [0.15, 0.2) is 11.8 Å². The molecule has 0 aromatic carbocycles. The first-order valence-electron chi connectivity index (χ1n) is 7.63. The van der Waals surface area contributed by atoms with Crippen molar-refractivity contribution in [2.24, 2.45) is 0 Å². The van der Waals surface area contributed by atoms with Gasteiger partial charge in [-0.1, -0.05) is 18.1 Å². The summed E-state index contributed by atoms with van der Waals surface area (Å²) in [6.07, 6.45) is 0.906. The zero-order chi connectivity index (χ0) is 23.8. The molecule has 0 radical (unpaired) electrons. The van der Waals surface area contributed by atoms with Crippen LogP contribution in [0.3, 0.4) is 0 Å². The lowest BCUT2D eigenvalue weighted by atomic mass is 9.95. The highest BCUT2D eigenvalue weighted by molar-refractivity contribution is 7.71. The standard InChI is InChI=1S/C11H15N2O14P3S/c1-2-11(16)8(14)6(25-9(11)13-4-3-7(31)12-10(13)15)5-24-29(20,21)27-30(22,23)26-28(17,18)19/h1,3-4,6,8-9,14,16H,5H2,(H,20,21)(H,22,23)(H,12,15,31)(H2,17,18,19)/t6-,8?,9-,11-/m1/s1. The molecule has 0 saturated carbocycles. The number of aromatic nitrogens is 2. The molecule has 1 aromatic rings. The third-order valence-corrected chi connectivity index (χ3v) is 7.68. The number of hydrogen-bond donors (Lipinski definition) is 7. The molecule has 174 valence electrons. The van der Waals surface area contributed by atoms with E-state index in [4.69, 9.17) is 38.1 Å². The van der Waals surface area contributed by atoms with Crippen molar-refractivity contribution in [1.82, 2.24) is 9.55 Å². The lowest BCUT2D eigenvalue weighted by Crippen LogP contribution is -2.47. The molecule has 20 heteroatoms. The predicted octanol–water partition coefficient (Wildman–Crippen LogP) is -1.13. The molecule has 31 heavy (non-hydrogen) atoms. The number of nitrogens with one attached hydrogen (secondary N) is 1. The van der Waals surface area contributed by atoms with Crippen LogP contribution in [0.15, 0.2) is 17.1 Å². The van der Waals surface area contributed by atoms with Crippen LogP contribution >= 0.6 is 35.7 Å². The first-order valence-corrected chi connectivity index (χ1v) is 12.6. The molecule has 0 spiro atoms. The zero-order valence-electron chi connectivity index (χ0n) is 14.8. The Labute approximate surface area is 177 Å². The number of phosphoric acid groups is 3. The molecule has 0 bridgehead atoms. The number of aromatic amines is 1. The summed E-state index contributed by atoms with van der Waals surface area (Å²) in [6, 6.07) is 1.24. The molecular weight excluding hydrogens is 509 g/mol. The van der Waals surface area contributed by atoms with Crippen molar-refractivity contribution in [3.8, 4) is 12.3 Å². The van der Waals surface area contributed by atoms with Gasteiger partial charge in [-0.2, -0.15) is 8.62 Å². The number of aliphatic hydroxyl groups excluding tert-OH is 1. The molecule has 6 atom stereocenters. The van der Waals surface area contributed by atoms with Crippen LogP contribution in [0.25, 0.3) is 0 Å². The van der Waals surface area contributed by atoms with Crippen molar-refractivity contribution in [1.29, 1.82) is 0 Å². The van der Waals surface area contributed by atoms with Gasteiger partial charge in [0.05, 0.1) is 6.61 Å². The zero-order valence-corrected chi connectivity index (χ0v) is 18.3. The van der Waals surface area contributed by atoms with Crippen molar-refractivity contribution in [3.63, 3.8) is 0 Å². The van der Waals surface area contributed by atoms with E-state index in [0.717, 1.165) is 10.8 Å². The average Bonchev–Trinajstić information content (AvgIpc) is 2.82. The van der Waals surface area contributed by atoms with E-state index in [0.29, 0.717) is 0 Å². The number of aliphatic hydroxyl groups is 2. The fraction of sp³-hybridized carbons (Fsp3) is 0.455. The Morgan fingerprint density at radius 3 is 2.39 bits per heavy atom. The minimum absolute atomic E-state index is 0.0354. The summed E-state index contributed by atoms with van der Waals surface area (Å²) in [5.41, 5.74) is -3.42. The number of terminal acetylenes is 1. The lowest BCUT2D eigenvalue weighted by Gasteiger charge is -2.26. The molecule has 3 unspecified atom stereocenters. The van der Waals surface area contributed by atoms with Crippen LogP contribution in [0.4, 0.5) is 0 Å². The molecule has 1 aliphatic heterocycles. The first kappa shape index (κ1) is 26.2. The molecular formula is C11H15N2O14P3S. The highest BCUT2D eigenvalue weighted by atomic mass is 32.1. The number of ether oxygens (including phenoxy) is 1. The topological polar surface area (TPSA) is 247 Å². The van der Waals surface area contributed by atoms with E-state index < -0.39 is 59.8 Å². The molecule has 2 rings (SSSR count). The molecule has 1 aliphatic rings. The summed E-state index contributed by atoms with van der Waals surface area (Å²) in [6.45, 7) is -1.11. The minimum atomic E-state index is -5.76. The number of hydrogen-bond acceptors (Lipinski definition) is 11. The second kappa shape index (κ2) is 9.06. The summed E-state index contributed by atoms with van der Waals surface area (Å²) in [7, 11) is -16.9. The van der Waals surface area contributed by atoms with Crippen molar-refractivity contribution >= 4 is 35.7 Å². The molecule has 1 saturated heterocycles. The Morgan fingerprint density at radius 1 is 1.26 bits per heavy atom. The number of phosphoric ester groups is 1. The summed E-state index contributed by atoms with van der Waals surface area (Å²) in [5.74, 6) is 1.84. The predicted molar refractivity (Wildman–Crippen MR) is 99.4 cm³/mol. The fourth-order valence-corrected chi connectivity index (χ4v) is 5.60. The summed E-state index contributed by atoms with van der Waals surface area (Å²) in [5, 5.41) is 20.8. The van der Waals surface area contributed by atoms with E-state index in [1.165, 1.54) is 6.07 Å². The van der Waals surface area contributed by atoms with Gasteiger partial charge >= 0.3 is 29.2 Å². The number of nitrogens with zero attached hydrogens (tertiary/aromatic N) is 1. The van der Waals surface area contributed by atoms with Gasteiger partial charge in [-0.15, -0.1) is 6.42 Å². The molecule has 1 aromatic heterocycles. The van der Waals surface area contributed by atoms with E-state index in [1.54, 1.807) is 0 Å². The average molecular weight is 524 g/mol. The highest BCUT2D eigenvalue weighted by Gasteiger charge is 2.56. The monoisotopic (exact) mass is 524 g/mol. The van der Waals surface area contributed by atoms with E-state index in [1.807, 2.05) is 5.92 Å². The molecule has 0 amide bonds. The van der Waals surface area contributed by atoms with Crippen LogP contribution in [-0.2, 0) is 31.6 Å². The third-order valence-electron chi connectivity index (χ3n) is 3.64. The Balaban J connectivity index is 2.19. The smallest absolute Gasteiger partial charge is 0.386 e. The van der Waals surface area contributed by atoms with Gasteiger partial charge in [-0.3, -0.25) is 14.1 Å². The third kappa shape index (κ3) is 6.48. The van der Waals surface area contributed by atoms with Crippen molar-refractivity contribution in [2.45, 2.75) is 24.0 Å². The maximum atomic E-state index is 12.1. The van der Waals surface area contributed by atoms with E-state index in [2.05, 4.69) is 18.1 Å².